The van der Waals surface area contributed by atoms with Gasteiger partial charge in [0.25, 0.3) is 0 Å². The largest absolute Gasteiger partial charge is 0.376 e. The van der Waals surface area contributed by atoms with Crippen LogP contribution in [0.15, 0.2) is 18.2 Å². The van der Waals surface area contributed by atoms with Gasteiger partial charge in [0.05, 0.1) is 7.05 Å². The molecule has 0 amide bonds. The van der Waals surface area contributed by atoms with E-state index in [-0.39, 0.29) is 0 Å². The Bertz CT molecular complexity index is 526. The fourth-order valence-corrected chi connectivity index (χ4v) is 24.1. The lowest BCUT2D eigenvalue weighted by atomic mass is 10.4. The average Bonchev–Trinajstić information content (AvgIpc) is 2.26. The zero-order valence-electron chi connectivity index (χ0n) is 19.1. The van der Waals surface area contributed by atoms with Gasteiger partial charge in [0.2, 0.25) is 32.9 Å². The first kappa shape index (κ1) is 22.7. The summed E-state index contributed by atoms with van der Waals surface area (Å²) in [7, 11) is -3.58. The molecular weight excluding hydrogens is 371 g/mol. The van der Waals surface area contributed by atoms with Crippen molar-refractivity contribution in [1.82, 2.24) is 0 Å². The van der Waals surface area contributed by atoms with Crippen LogP contribution in [-0.2, 0) is 7.05 Å². The molecular formula is C18H42N3Si4+. The SMILES string of the molecule is C[n+]1c(N([Si](C)(C)C)[Si](C)(C)C)cccc1N([Si](C)(C)C)[Si](C)(C)C. The molecule has 0 aliphatic heterocycles. The zero-order valence-corrected chi connectivity index (χ0v) is 23.1. The van der Waals surface area contributed by atoms with Crippen LogP contribution < -0.4 is 13.0 Å². The van der Waals surface area contributed by atoms with Crippen LogP contribution in [0.1, 0.15) is 0 Å². The maximum absolute atomic E-state index is 2.83. The standard InChI is InChI=1S/C18H42N3Si4/c1-19-17(20(22(2,3)4)23(5,6)7)15-14-16-18(19)21(24(8,9)10)25(11,12)13/h14-16H,1-13H3/q+1. The van der Waals surface area contributed by atoms with Gasteiger partial charge >= 0.3 is 0 Å². The van der Waals surface area contributed by atoms with Crippen LogP contribution in [0.3, 0.4) is 0 Å². The molecule has 144 valence electrons. The van der Waals surface area contributed by atoms with E-state index in [2.05, 4.69) is 117 Å². The highest BCUT2D eigenvalue weighted by Crippen LogP contribution is 2.30. The highest BCUT2D eigenvalue weighted by Gasteiger charge is 2.44. The Morgan fingerprint density at radius 2 is 0.800 bits per heavy atom. The number of nitrogens with zero attached hydrogens (tertiary/aromatic N) is 3. The van der Waals surface area contributed by atoms with Gasteiger partial charge in [-0.25, -0.2) is 4.57 Å². The molecule has 0 aliphatic carbocycles. The minimum atomic E-state index is -1.47. The third-order valence-electron chi connectivity index (χ3n) is 4.32. The molecule has 0 spiro atoms. The summed E-state index contributed by atoms with van der Waals surface area (Å²) in [5, 5.41) is 0. The van der Waals surface area contributed by atoms with Crippen LogP contribution in [0, 0.1) is 0 Å². The van der Waals surface area contributed by atoms with E-state index in [0.717, 1.165) is 0 Å². The van der Waals surface area contributed by atoms with Crippen LogP contribution in [0.25, 0.3) is 0 Å². The molecule has 0 bridgehead atoms. The van der Waals surface area contributed by atoms with Gasteiger partial charge in [-0.2, -0.15) is 0 Å². The Morgan fingerprint density at radius 3 is 1.00 bits per heavy atom. The summed E-state index contributed by atoms with van der Waals surface area (Å²) in [6.45, 7) is 29.7. The first-order valence-electron chi connectivity index (χ1n) is 9.48. The second-order valence-corrected chi connectivity index (χ2v) is 31.2. The Hall–Kier alpha value is -0.382. The van der Waals surface area contributed by atoms with Gasteiger partial charge in [-0.3, -0.25) is 0 Å². The molecule has 7 heteroatoms. The summed E-state index contributed by atoms with van der Waals surface area (Å²) in [6.07, 6.45) is 0. The molecule has 1 aromatic rings. The van der Waals surface area contributed by atoms with E-state index in [9.17, 15) is 0 Å². The van der Waals surface area contributed by atoms with Gasteiger partial charge in [-0.05, 0) is 84.6 Å². The second kappa shape index (κ2) is 6.98. The van der Waals surface area contributed by atoms with Crippen LogP contribution >= 0.6 is 0 Å². The second-order valence-electron chi connectivity index (χ2n) is 11.2. The van der Waals surface area contributed by atoms with E-state index in [0.29, 0.717) is 0 Å². The van der Waals surface area contributed by atoms with Crippen LogP contribution in [0.4, 0.5) is 11.6 Å². The highest BCUT2D eigenvalue weighted by atomic mass is 28.4. The molecule has 25 heavy (non-hydrogen) atoms. The Kier molecular flexibility index (Phi) is 6.32. The quantitative estimate of drug-likeness (QED) is 0.453. The molecule has 0 unspecified atom stereocenters. The Labute approximate surface area is 161 Å². The minimum Gasteiger partial charge on any atom is -0.376 e. The fourth-order valence-electron chi connectivity index (χ4n) is 4.40. The third-order valence-corrected chi connectivity index (χ3v) is 18.7. The molecule has 1 heterocycles. The molecule has 1 aromatic heterocycles. The van der Waals surface area contributed by atoms with Crippen LogP contribution in [0.2, 0.25) is 78.6 Å². The summed E-state index contributed by atoms with van der Waals surface area (Å²) in [5.41, 5.74) is 0. The zero-order chi connectivity index (χ0) is 20.0. The molecule has 0 saturated heterocycles. The van der Waals surface area contributed by atoms with Crippen molar-refractivity contribution in [3.05, 3.63) is 18.2 Å². The monoisotopic (exact) mass is 412 g/mol. The first-order chi connectivity index (χ1) is 10.9. The lowest BCUT2D eigenvalue weighted by Gasteiger charge is -2.44. The topological polar surface area (TPSA) is 10.4 Å². The lowest BCUT2D eigenvalue weighted by Crippen LogP contribution is -2.66. The van der Waals surface area contributed by atoms with Crippen molar-refractivity contribution in [2.45, 2.75) is 78.6 Å². The number of anilines is 2. The molecule has 0 radical (unpaired) electrons. The molecule has 0 fully saturated rings. The molecule has 0 atom stereocenters. The normalized spacial score (nSPS) is 13.8. The van der Waals surface area contributed by atoms with Gasteiger partial charge in [-0.15, -0.1) is 0 Å². The van der Waals surface area contributed by atoms with Crippen LogP contribution in [-0.4, -0.2) is 32.9 Å². The van der Waals surface area contributed by atoms with Crippen molar-refractivity contribution in [3.8, 4) is 0 Å². The van der Waals surface area contributed by atoms with Gasteiger partial charge < -0.3 is 8.46 Å². The Morgan fingerprint density at radius 1 is 0.560 bits per heavy atom. The van der Waals surface area contributed by atoms with Crippen LogP contribution in [0.5, 0.6) is 0 Å². The number of pyridine rings is 1. The van der Waals surface area contributed by atoms with E-state index in [1.54, 1.807) is 0 Å². The fraction of sp³-hybridized carbons (Fsp3) is 0.722. The maximum Gasteiger partial charge on any atom is 0.204 e. The van der Waals surface area contributed by atoms with E-state index in [1.807, 2.05) is 0 Å². The number of rotatable bonds is 6. The number of hydrogen-bond acceptors (Lipinski definition) is 2. The van der Waals surface area contributed by atoms with Crippen molar-refractivity contribution in [2.75, 3.05) is 8.46 Å². The summed E-state index contributed by atoms with van der Waals surface area (Å²) < 4.78 is 8.15. The van der Waals surface area contributed by atoms with Gasteiger partial charge in [0.15, 0.2) is 11.6 Å². The molecule has 0 N–H and O–H groups in total. The summed E-state index contributed by atoms with van der Waals surface area (Å²) in [5.74, 6) is 2.83. The number of hydrogen-bond donors (Lipinski definition) is 0. The Balaban J connectivity index is 3.69. The molecule has 0 aliphatic rings. The predicted molar refractivity (Wildman–Crippen MR) is 126 cm³/mol. The van der Waals surface area contributed by atoms with E-state index in [1.165, 1.54) is 11.6 Å². The van der Waals surface area contributed by atoms with Crippen molar-refractivity contribution >= 4 is 44.6 Å². The molecule has 1 rings (SSSR count). The van der Waals surface area contributed by atoms with Crippen molar-refractivity contribution in [1.29, 1.82) is 0 Å². The molecule has 0 saturated carbocycles. The maximum atomic E-state index is 2.83. The predicted octanol–water partition coefficient (Wildman–Crippen LogP) is 5.46. The molecule has 3 nitrogen and oxygen atoms in total. The van der Waals surface area contributed by atoms with Gasteiger partial charge in [0, 0.05) is 12.1 Å². The minimum absolute atomic E-state index is 1.41. The third kappa shape index (κ3) is 5.30. The van der Waals surface area contributed by atoms with Gasteiger partial charge in [0.1, 0.15) is 0 Å². The highest BCUT2D eigenvalue weighted by molar-refractivity contribution is 6.99. The van der Waals surface area contributed by atoms with E-state index < -0.39 is 32.9 Å². The molecule has 0 aromatic carbocycles. The summed E-state index contributed by atoms with van der Waals surface area (Å²) in [6, 6.07) is 6.96. The smallest absolute Gasteiger partial charge is 0.204 e. The van der Waals surface area contributed by atoms with Crippen molar-refractivity contribution < 1.29 is 4.57 Å². The van der Waals surface area contributed by atoms with E-state index >= 15 is 0 Å². The van der Waals surface area contributed by atoms with Crippen molar-refractivity contribution in [3.63, 3.8) is 0 Å². The summed E-state index contributed by atoms with van der Waals surface area (Å²) in [4.78, 5) is 0. The van der Waals surface area contributed by atoms with Gasteiger partial charge in [-0.1, -0.05) is 0 Å². The average molecular weight is 413 g/mol. The van der Waals surface area contributed by atoms with Crippen molar-refractivity contribution in [2.24, 2.45) is 7.05 Å². The first-order valence-corrected chi connectivity index (χ1v) is 23.3. The lowest BCUT2D eigenvalue weighted by molar-refractivity contribution is -0.644. The van der Waals surface area contributed by atoms with E-state index in [4.69, 9.17) is 0 Å². The number of aromatic nitrogens is 1. The summed E-state index contributed by atoms with van der Waals surface area (Å²) >= 11 is 0.